The Bertz CT molecular complexity index is 887. The molecule has 0 aliphatic heterocycles. The van der Waals surface area contributed by atoms with E-state index in [9.17, 15) is 4.79 Å². The number of carbonyl (C=O) groups excluding carboxylic acids is 1. The van der Waals surface area contributed by atoms with E-state index in [4.69, 9.17) is 0 Å². The molecule has 1 amide bonds. The van der Waals surface area contributed by atoms with Crippen LogP contribution in [0.2, 0.25) is 0 Å². The van der Waals surface area contributed by atoms with Gasteiger partial charge in [-0.2, -0.15) is 0 Å². The van der Waals surface area contributed by atoms with Crippen LogP contribution >= 0.6 is 0 Å². The molecule has 0 radical (unpaired) electrons. The van der Waals surface area contributed by atoms with Gasteiger partial charge in [-0.3, -0.25) is 9.78 Å². The van der Waals surface area contributed by atoms with Crippen LogP contribution in [0.3, 0.4) is 0 Å². The minimum atomic E-state index is -0.0473. The standard InChI is InChI=1S/C22H24N2O/c1-15-9-12-21-19(13-15)14-20(17(3)24-21)22(25)23-16(2)10-11-18-7-5-4-6-8-18/h4-9,12-14,16H,10-11H2,1-3H3,(H,23,25). The summed E-state index contributed by atoms with van der Waals surface area (Å²) in [5.41, 5.74) is 4.81. The molecule has 3 heteroatoms. The summed E-state index contributed by atoms with van der Waals surface area (Å²) in [5, 5.41) is 4.11. The predicted molar refractivity (Wildman–Crippen MR) is 103 cm³/mol. The second-order valence-electron chi connectivity index (χ2n) is 6.72. The van der Waals surface area contributed by atoms with E-state index in [2.05, 4.69) is 35.4 Å². The van der Waals surface area contributed by atoms with E-state index in [1.807, 2.05) is 50.2 Å². The van der Waals surface area contributed by atoms with Crippen molar-refractivity contribution in [3.8, 4) is 0 Å². The molecule has 0 aliphatic rings. The number of hydrogen-bond acceptors (Lipinski definition) is 2. The van der Waals surface area contributed by atoms with E-state index in [0.29, 0.717) is 5.56 Å². The average Bonchev–Trinajstić information content (AvgIpc) is 2.60. The maximum absolute atomic E-state index is 12.7. The average molecular weight is 332 g/mol. The monoisotopic (exact) mass is 332 g/mol. The molecule has 1 unspecified atom stereocenters. The molecule has 3 aromatic rings. The first kappa shape index (κ1) is 17.2. The highest BCUT2D eigenvalue weighted by atomic mass is 16.1. The van der Waals surface area contributed by atoms with Crippen LogP contribution in [0.4, 0.5) is 0 Å². The molecule has 0 aliphatic carbocycles. The van der Waals surface area contributed by atoms with Crippen molar-refractivity contribution < 1.29 is 4.79 Å². The molecular formula is C22H24N2O. The van der Waals surface area contributed by atoms with Crippen LogP contribution in [0.25, 0.3) is 10.9 Å². The molecule has 25 heavy (non-hydrogen) atoms. The van der Waals surface area contributed by atoms with Crippen LogP contribution in [0.5, 0.6) is 0 Å². The highest BCUT2D eigenvalue weighted by molar-refractivity contribution is 5.98. The van der Waals surface area contributed by atoms with Crippen molar-refractivity contribution in [1.29, 1.82) is 0 Å². The summed E-state index contributed by atoms with van der Waals surface area (Å²) < 4.78 is 0. The van der Waals surface area contributed by atoms with E-state index < -0.39 is 0 Å². The second-order valence-corrected chi connectivity index (χ2v) is 6.72. The molecule has 128 valence electrons. The molecule has 0 saturated heterocycles. The summed E-state index contributed by atoms with van der Waals surface area (Å²) >= 11 is 0. The normalized spacial score (nSPS) is 12.1. The van der Waals surface area contributed by atoms with E-state index in [1.165, 1.54) is 11.1 Å². The van der Waals surface area contributed by atoms with Gasteiger partial charge in [0.15, 0.2) is 0 Å². The smallest absolute Gasteiger partial charge is 0.253 e. The molecule has 3 rings (SSSR count). The summed E-state index contributed by atoms with van der Waals surface area (Å²) in [4.78, 5) is 17.2. The molecule has 0 saturated carbocycles. The molecule has 1 atom stereocenters. The second kappa shape index (κ2) is 7.47. The van der Waals surface area contributed by atoms with Gasteiger partial charge in [-0.15, -0.1) is 0 Å². The fourth-order valence-electron chi connectivity index (χ4n) is 3.02. The van der Waals surface area contributed by atoms with Crippen LogP contribution < -0.4 is 5.32 Å². The lowest BCUT2D eigenvalue weighted by molar-refractivity contribution is 0.0937. The Labute approximate surface area is 149 Å². The third kappa shape index (κ3) is 4.24. The number of benzene rings is 2. The summed E-state index contributed by atoms with van der Waals surface area (Å²) in [5.74, 6) is -0.0473. The molecule has 0 spiro atoms. The van der Waals surface area contributed by atoms with Gasteiger partial charge in [0.05, 0.1) is 16.8 Å². The molecule has 3 nitrogen and oxygen atoms in total. The van der Waals surface area contributed by atoms with Gasteiger partial charge in [0.2, 0.25) is 0 Å². The number of fused-ring (bicyclic) bond motifs is 1. The highest BCUT2D eigenvalue weighted by Gasteiger charge is 2.14. The zero-order valence-corrected chi connectivity index (χ0v) is 15.0. The van der Waals surface area contributed by atoms with Crippen LogP contribution in [0.15, 0.2) is 54.6 Å². The van der Waals surface area contributed by atoms with Crippen molar-refractivity contribution in [3.05, 3.63) is 77.0 Å². The van der Waals surface area contributed by atoms with Crippen molar-refractivity contribution in [2.24, 2.45) is 0 Å². The number of aromatic nitrogens is 1. The summed E-state index contributed by atoms with van der Waals surface area (Å²) in [6.45, 7) is 5.99. The van der Waals surface area contributed by atoms with Crippen LogP contribution in [0.1, 0.15) is 40.5 Å². The number of nitrogens with zero attached hydrogens (tertiary/aromatic N) is 1. The van der Waals surface area contributed by atoms with Crippen molar-refractivity contribution >= 4 is 16.8 Å². The Morgan fingerprint density at radius 1 is 1.08 bits per heavy atom. The first-order chi connectivity index (χ1) is 12.0. The van der Waals surface area contributed by atoms with E-state index in [-0.39, 0.29) is 11.9 Å². The first-order valence-corrected chi connectivity index (χ1v) is 8.76. The Morgan fingerprint density at radius 2 is 1.84 bits per heavy atom. The number of rotatable bonds is 5. The minimum Gasteiger partial charge on any atom is -0.350 e. The van der Waals surface area contributed by atoms with Gasteiger partial charge in [-0.25, -0.2) is 0 Å². The maximum Gasteiger partial charge on any atom is 0.253 e. The molecule has 1 N–H and O–H groups in total. The number of aryl methyl sites for hydroxylation is 3. The third-order valence-electron chi connectivity index (χ3n) is 4.49. The quantitative estimate of drug-likeness (QED) is 0.742. The van der Waals surface area contributed by atoms with Gasteiger partial charge in [0, 0.05) is 11.4 Å². The van der Waals surface area contributed by atoms with Gasteiger partial charge in [-0.1, -0.05) is 42.0 Å². The van der Waals surface area contributed by atoms with Gasteiger partial charge in [0.1, 0.15) is 0 Å². The fraction of sp³-hybridized carbons (Fsp3) is 0.273. The van der Waals surface area contributed by atoms with E-state index in [0.717, 1.165) is 29.4 Å². The maximum atomic E-state index is 12.7. The lowest BCUT2D eigenvalue weighted by atomic mass is 10.0. The Kier molecular flexibility index (Phi) is 5.13. The number of nitrogens with one attached hydrogen (secondary N) is 1. The Balaban J connectivity index is 1.70. The number of pyridine rings is 1. The van der Waals surface area contributed by atoms with E-state index >= 15 is 0 Å². The minimum absolute atomic E-state index is 0.0473. The number of hydrogen-bond donors (Lipinski definition) is 1. The summed E-state index contributed by atoms with van der Waals surface area (Å²) in [6, 6.07) is 18.5. The van der Waals surface area contributed by atoms with Gasteiger partial charge < -0.3 is 5.32 Å². The predicted octanol–water partition coefficient (Wildman–Crippen LogP) is 4.60. The Hall–Kier alpha value is -2.68. The van der Waals surface area contributed by atoms with Crippen molar-refractivity contribution in [3.63, 3.8) is 0 Å². The van der Waals surface area contributed by atoms with Gasteiger partial charge in [-0.05, 0) is 57.4 Å². The Morgan fingerprint density at radius 3 is 2.60 bits per heavy atom. The topological polar surface area (TPSA) is 42.0 Å². The van der Waals surface area contributed by atoms with Crippen molar-refractivity contribution in [1.82, 2.24) is 10.3 Å². The van der Waals surface area contributed by atoms with E-state index in [1.54, 1.807) is 0 Å². The van der Waals surface area contributed by atoms with Gasteiger partial charge >= 0.3 is 0 Å². The zero-order chi connectivity index (χ0) is 17.8. The summed E-state index contributed by atoms with van der Waals surface area (Å²) in [7, 11) is 0. The lowest BCUT2D eigenvalue weighted by Gasteiger charge is -2.15. The highest BCUT2D eigenvalue weighted by Crippen LogP contribution is 2.18. The molecule has 0 bridgehead atoms. The SMILES string of the molecule is Cc1ccc2nc(C)c(C(=O)NC(C)CCc3ccccc3)cc2c1. The van der Waals surface area contributed by atoms with Crippen molar-refractivity contribution in [2.45, 2.75) is 39.7 Å². The molecule has 1 heterocycles. The lowest BCUT2D eigenvalue weighted by Crippen LogP contribution is -2.33. The van der Waals surface area contributed by atoms with Crippen LogP contribution in [-0.4, -0.2) is 16.9 Å². The summed E-state index contributed by atoms with van der Waals surface area (Å²) in [6.07, 6.45) is 1.87. The molecule has 2 aromatic carbocycles. The van der Waals surface area contributed by atoms with Crippen molar-refractivity contribution in [2.75, 3.05) is 0 Å². The van der Waals surface area contributed by atoms with Crippen LogP contribution in [-0.2, 0) is 6.42 Å². The molecule has 0 fully saturated rings. The third-order valence-corrected chi connectivity index (χ3v) is 4.49. The number of amides is 1. The fourth-order valence-corrected chi connectivity index (χ4v) is 3.02. The molecular weight excluding hydrogens is 308 g/mol. The zero-order valence-electron chi connectivity index (χ0n) is 15.0. The van der Waals surface area contributed by atoms with Crippen LogP contribution in [0, 0.1) is 13.8 Å². The number of carbonyl (C=O) groups is 1. The largest absolute Gasteiger partial charge is 0.350 e. The first-order valence-electron chi connectivity index (χ1n) is 8.76. The molecule has 1 aromatic heterocycles. The van der Waals surface area contributed by atoms with Gasteiger partial charge in [0.25, 0.3) is 5.91 Å².